The Morgan fingerprint density at radius 1 is 1.39 bits per heavy atom. The fourth-order valence-corrected chi connectivity index (χ4v) is 2.63. The molecule has 2 heterocycles. The number of carbonyl (C=O) groups excluding carboxylic acids is 1. The van der Waals surface area contributed by atoms with E-state index >= 15 is 0 Å². The average Bonchev–Trinajstić information content (AvgIpc) is 2.48. The summed E-state index contributed by atoms with van der Waals surface area (Å²) < 4.78 is 5.42. The van der Waals surface area contributed by atoms with Crippen LogP contribution in [-0.2, 0) is 4.74 Å². The van der Waals surface area contributed by atoms with Crippen molar-refractivity contribution >= 4 is 23.6 Å². The molecule has 0 unspecified atom stereocenters. The van der Waals surface area contributed by atoms with Crippen LogP contribution < -0.4 is 4.90 Å². The summed E-state index contributed by atoms with van der Waals surface area (Å²) in [5.74, 6) is 0.652. The number of piperidine rings is 1. The van der Waals surface area contributed by atoms with Crippen LogP contribution in [0.25, 0.3) is 0 Å². The van der Waals surface area contributed by atoms with Crippen molar-refractivity contribution in [3.05, 3.63) is 16.9 Å². The number of anilines is 1. The van der Waals surface area contributed by atoms with E-state index in [1.165, 1.54) is 0 Å². The predicted molar refractivity (Wildman–Crippen MR) is 91.0 cm³/mol. The first-order valence-electron chi connectivity index (χ1n) is 7.87. The Hall–Kier alpha value is -1.56. The van der Waals surface area contributed by atoms with Crippen LogP contribution in [0.4, 0.5) is 10.7 Å². The molecule has 128 valence electrons. The maximum atomic E-state index is 12.1. The summed E-state index contributed by atoms with van der Waals surface area (Å²) >= 11 is 6.07. The van der Waals surface area contributed by atoms with Crippen molar-refractivity contribution in [3.8, 4) is 0 Å². The van der Waals surface area contributed by atoms with Crippen molar-refractivity contribution in [1.82, 2.24) is 14.9 Å². The number of nitrogens with zero attached hydrogens (tertiary/aromatic N) is 4. The smallest absolute Gasteiger partial charge is 0.410 e. The zero-order chi connectivity index (χ0) is 17.2. The van der Waals surface area contributed by atoms with Crippen LogP contribution in [0.2, 0.25) is 5.15 Å². The molecular weight excluding hydrogens is 316 g/mol. The number of hydrogen-bond acceptors (Lipinski definition) is 5. The Bertz CT molecular complexity index is 566. The van der Waals surface area contributed by atoms with Gasteiger partial charge in [-0.25, -0.2) is 14.8 Å². The fourth-order valence-electron chi connectivity index (χ4n) is 2.50. The summed E-state index contributed by atoms with van der Waals surface area (Å²) in [6.07, 6.45) is 3.17. The van der Waals surface area contributed by atoms with E-state index in [4.69, 9.17) is 16.3 Å². The predicted octanol–water partition coefficient (Wildman–Crippen LogP) is 3.27. The molecular formula is C16H25ClN4O2. The molecule has 7 heteroatoms. The van der Waals surface area contributed by atoms with Gasteiger partial charge in [0.15, 0.2) is 0 Å². The first kappa shape index (κ1) is 17.8. The highest BCUT2D eigenvalue weighted by molar-refractivity contribution is 6.30. The van der Waals surface area contributed by atoms with E-state index in [2.05, 4.69) is 14.9 Å². The largest absolute Gasteiger partial charge is 0.444 e. The third-order valence-electron chi connectivity index (χ3n) is 3.87. The number of hydrogen-bond donors (Lipinski definition) is 0. The Morgan fingerprint density at radius 2 is 2.00 bits per heavy atom. The quantitative estimate of drug-likeness (QED) is 0.773. The van der Waals surface area contributed by atoms with Gasteiger partial charge in [0, 0.05) is 37.9 Å². The van der Waals surface area contributed by atoms with Crippen LogP contribution >= 0.6 is 11.6 Å². The number of amides is 1. The van der Waals surface area contributed by atoms with Gasteiger partial charge in [-0.2, -0.15) is 0 Å². The molecule has 23 heavy (non-hydrogen) atoms. The topological polar surface area (TPSA) is 58.6 Å². The first-order valence-corrected chi connectivity index (χ1v) is 8.25. The maximum absolute atomic E-state index is 12.1. The zero-order valence-electron chi connectivity index (χ0n) is 14.5. The van der Waals surface area contributed by atoms with Crippen LogP contribution in [0, 0.1) is 6.92 Å². The molecule has 1 aromatic rings. The number of rotatable bonds is 2. The molecule has 1 amide bonds. The molecule has 0 radical (unpaired) electrons. The second-order valence-electron chi connectivity index (χ2n) is 6.95. The minimum atomic E-state index is -0.474. The molecule has 0 aromatic carbocycles. The average molecular weight is 341 g/mol. The number of aryl methyl sites for hydroxylation is 1. The van der Waals surface area contributed by atoms with Gasteiger partial charge in [0.2, 0.25) is 5.95 Å². The van der Waals surface area contributed by atoms with Crippen molar-refractivity contribution in [3.63, 3.8) is 0 Å². The minimum Gasteiger partial charge on any atom is -0.444 e. The highest BCUT2D eigenvalue weighted by atomic mass is 35.5. The summed E-state index contributed by atoms with van der Waals surface area (Å²) in [5, 5.41) is 0.489. The van der Waals surface area contributed by atoms with E-state index < -0.39 is 5.60 Å². The van der Waals surface area contributed by atoms with Gasteiger partial charge in [0.1, 0.15) is 10.8 Å². The van der Waals surface area contributed by atoms with Gasteiger partial charge < -0.3 is 14.5 Å². The fraction of sp³-hybridized carbons (Fsp3) is 0.688. The van der Waals surface area contributed by atoms with Gasteiger partial charge in [0.05, 0.1) is 0 Å². The van der Waals surface area contributed by atoms with Gasteiger partial charge in [-0.15, -0.1) is 0 Å². The van der Waals surface area contributed by atoms with Crippen molar-refractivity contribution in [2.75, 3.05) is 25.0 Å². The summed E-state index contributed by atoms with van der Waals surface area (Å²) in [5.41, 5.74) is 0.397. The van der Waals surface area contributed by atoms with Gasteiger partial charge in [-0.1, -0.05) is 11.6 Å². The van der Waals surface area contributed by atoms with E-state index in [0.29, 0.717) is 11.1 Å². The second kappa shape index (κ2) is 6.91. The Morgan fingerprint density at radius 3 is 2.52 bits per heavy atom. The maximum Gasteiger partial charge on any atom is 0.410 e. The van der Waals surface area contributed by atoms with Crippen LogP contribution in [0.3, 0.4) is 0 Å². The monoisotopic (exact) mass is 340 g/mol. The van der Waals surface area contributed by atoms with Crippen LogP contribution in [0.5, 0.6) is 0 Å². The Kier molecular flexibility index (Phi) is 5.34. The highest BCUT2D eigenvalue weighted by Gasteiger charge is 2.29. The SMILES string of the molecule is Cc1cnc(N2CCC(N(C)C(=O)OC(C)(C)C)CC2)nc1Cl. The van der Waals surface area contributed by atoms with Gasteiger partial charge in [-0.05, 0) is 40.5 Å². The summed E-state index contributed by atoms with van der Waals surface area (Å²) in [6.45, 7) is 9.09. The van der Waals surface area contributed by atoms with Crippen LogP contribution in [0.15, 0.2) is 6.20 Å². The van der Waals surface area contributed by atoms with Crippen molar-refractivity contribution in [2.45, 2.75) is 52.2 Å². The lowest BCUT2D eigenvalue weighted by atomic mass is 10.0. The molecule has 0 saturated carbocycles. The third-order valence-corrected chi connectivity index (χ3v) is 4.26. The molecule has 0 bridgehead atoms. The lowest BCUT2D eigenvalue weighted by Crippen LogP contribution is -2.47. The van der Waals surface area contributed by atoms with Gasteiger partial charge in [0.25, 0.3) is 0 Å². The molecule has 1 aromatic heterocycles. The number of aromatic nitrogens is 2. The number of carbonyl (C=O) groups is 1. The molecule has 1 saturated heterocycles. The summed E-state index contributed by atoms with van der Waals surface area (Å²) in [6, 6.07) is 0.169. The third kappa shape index (κ3) is 4.70. The molecule has 0 N–H and O–H groups in total. The van der Waals surface area contributed by atoms with Crippen molar-refractivity contribution in [1.29, 1.82) is 0 Å². The molecule has 0 atom stereocenters. The molecule has 0 aliphatic carbocycles. The highest BCUT2D eigenvalue weighted by Crippen LogP contribution is 2.22. The van der Waals surface area contributed by atoms with Crippen LogP contribution in [-0.4, -0.2) is 52.7 Å². The molecule has 1 aliphatic rings. The molecule has 6 nitrogen and oxygen atoms in total. The Balaban J connectivity index is 1.92. The lowest BCUT2D eigenvalue weighted by molar-refractivity contribution is 0.0200. The Labute approximate surface area is 142 Å². The van der Waals surface area contributed by atoms with Crippen molar-refractivity contribution < 1.29 is 9.53 Å². The molecule has 0 spiro atoms. The van der Waals surface area contributed by atoms with E-state index in [0.717, 1.165) is 31.5 Å². The molecule has 2 rings (SSSR count). The van der Waals surface area contributed by atoms with E-state index in [-0.39, 0.29) is 12.1 Å². The van der Waals surface area contributed by atoms with E-state index in [9.17, 15) is 4.79 Å². The minimum absolute atomic E-state index is 0.169. The standard InChI is InChI=1S/C16H25ClN4O2/c1-11-10-18-14(19-13(11)17)21-8-6-12(7-9-21)20(5)15(22)23-16(2,3)4/h10,12H,6-9H2,1-5H3. The molecule has 1 fully saturated rings. The van der Waals surface area contributed by atoms with Gasteiger partial charge in [-0.3, -0.25) is 0 Å². The normalized spacial score (nSPS) is 16.3. The number of halogens is 1. The summed E-state index contributed by atoms with van der Waals surface area (Å²) in [7, 11) is 1.80. The van der Waals surface area contributed by atoms with Gasteiger partial charge >= 0.3 is 6.09 Å². The lowest BCUT2D eigenvalue weighted by Gasteiger charge is -2.37. The van der Waals surface area contributed by atoms with Crippen molar-refractivity contribution in [2.24, 2.45) is 0 Å². The first-order chi connectivity index (χ1) is 10.7. The van der Waals surface area contributed by atoms with E-state index in [1.807, 2.05) is 27.7 Å². The molecule has 1 aliphatic heterocycles. The zero-order valence-corrected chi connectivity index (χ0v) is 15.2. The van der Waals surface area contributed by atoms with E-state index in [1.54, 1.807) is 18.1 Å². The number of ether oxygens (including phenoxy) is 1. The summed E-state index contributed by atoms with van der Waals surface area (Å²) in [4.78, 5) is 24.6. The second-order valence-corrected chi connectivity index (χ2v) is 7.31. The van der Waals surface area contributed by atoms with Crippen LogP contribution in [0.1, 0.15) is 39.2 Å².